The lowest BCUT2D eigenvalue weighted by molar-refractivity contribution is 0.0444. The average molecular weight is 227 g/mol. The summed E-state index contributed by atoms with van der Waals surface area (Å²) in [4.78, 5) is 24.8. The first kappa shape index (κ1) is 9.99. The van der Waals surface area contributed by atoms with Crippen molar-refractivity contribution in [2.24, 2.45) is 0 Å². The highest BCUT2D eigenvalue weighted by Gasteiger charge is 2.31. The van der Waals surface area contributed by atoms with Crippen LogP contribution in [0.25, 0.3) is 10.8 Å². The summed E-state index contributed by atoms with van der Waals surface area (Å²) in [5.74, 6) is -0.886. The van der Waals surface area contributed by atoms with Gasteiger partial charge in [0.15, 0.2) is 0 Å². The molecule has 2 aromatic carbocycles. The molecular weight excluding hydrogens is 218 g/mol. The van der Waals surface area contributed by atoms with Crippen molar-refractivity contribution >= 4 is 22.6 Å². The minimum atomic E-state index is -0.595. The highest BCUT2D eigenvalue weighted by atomic mass is 16.3. The fourth-order valence-electron chi connectivity index (χ4n) is 2.21. The Hall–Kier alpha value is -2.20. The van der Waals surface area contributed by atoms with Gasteiger partial charge in [0.1, 0.15) is 6.73 Å². The van der Waals surface area contributed by atoms with E-state index in [9.17, 15) is 9.59 Å². The first-order valence-electron chi connectivity index (χ1n) is 5.23. The normalized spacial score (nSPS) is 14.5. The summed E-state index contributed by atoms with van der Waals surface area (Å²) in [5.41, 5.74) is 0.929. The number of amides is 2. The van der Waals surface area contributed by atoms with E-state index in [1.807, 2.05) is 12.1 Å². The van der Waals surface area contributed by atoms with Gasteiger partial charge in [0.2, 0.25) is 0 Å². The third-order valence-corrected chi connectivity index (χ3v) is 3.00. The van der Waals surface area contributed by atoms with Crippen molar-refractivity contribution in [3.8, 4) is 0 Å². The SMILES string of the molecule is O=C1c2cccc3cccc(c23)C(=O)N1CO. The van der Waals surface area contributed by atoms with Gasteiger partial charge in [-0.3, -0.25) is 14.5 Å². The number of carbonyl (C=O) groups excluding carboxylic acids is 2. The lowest BCUT2D eigenvalue weighted by atomic mass is 9.94. The third kappa shape index (κ3) is 1.21. The maximum absolute atomic E-state index is 12.0. The molecule has 0 unspecified atom stereocenters. The lowest BCUT2D eigenvalue weighted by Crippen LogP contribution is -2.40. The number of aliphatic hydroxyl groups excluding tert-OH is 1. The molecule has 3 rings (SSSR count). The van der Waals surface area contributed by atoms with Crippen LogP contribution in [0.3, 0.4) is 0 Å². The number of hydrogen-bond acceptors (Lipinski definition) is 3. The van der Waals surface area contributed by atoms with Crippen molar-refractivity contribution in [1.82, 2.24) is 4.90 Å². The van der Waals surface area contributed by atoms with Crippen LogP contribution in [0.5, 0.6) is 0 Å². The van der Waals surface area contributed by atoms with E-state index in [1.165, 1.54) is 0 Å². The summed E-state index contributed by atoms with van der Waals surface area (Å²) in [6.45, 7) is -0.595. The van der Waals surface area contributed by atoms with Crippen LogP contribution in [0.4, 0.5) is 0 Å². The van der Waals surface area contributed by atoms with Crippen molar-refractivity contribution in [3.63, 3.8) is 0 Å². The van der Waals surface area contributed by atoms with E-state index >= 15 is 0 Å². The Morgan fingerprint density at radius 1 is 0.941 bits per heavy atom. The maximum Gasteiger partial charge on any atom is 0.263 e. The van der Waals surface area contributed by atoms with Gasteiger partial charge in [0.05, 0.1) is 0 Å². The van der Waals surface area contributed by atoms with Crippen molar-refractivity contribution < 1.29 is 14.7 Å². The van der Waals surface area contributed by atoms with Crippen LogP contribution in [0.2, 0.25) is 0 Å². The standard InChI is InChI=1S/C13H9NO3/c15-7-14-12(16)9-5-1-3-8-4-2-6-10(11(8)9)13(14)17/h1-6,15H,7H2. The molecule has 0 radical (unpaired) electrons. The molecule has 0 bridgehead atoms. The predicted octanol–water partition coefficient (Wildman–Crippen LogP) is 1.39. The van der Waals surface area contributed by atoms with Crippen LogP contribution in [0, 0.1) is 0 Å². The molecule has 1 aliphatic heterocycles. The summed E-state index contributed by atoms with van der Waals surface area (Å²) < 4.78 is 0. The second kappa shape index (κ2) is 3.40. The van der Waals surface area contributed by atoms with Gasteiger partial charge in [0, 0.05) is 16.5 Å². The van der Waals surface area contributed by atoms with Gasteiger partial charge in [0.25, 0.3) is 11.8 Å². The van der Waals surface area contributed by atoms with E-state index in [0.717, 1.165) is 10.3 Å². The zero-order chi connectivity index (χ0) is 12.0. The number of benzene rings is 2. The Bertz CT molecular complexity index is 597. The van der Waals surface area contributed by atoms with Gasteiger partial charge < -0.3 is 5.11 Å². The number of carbonyl (C=O) groups is 2. The Labute approximate surface area is 97.1 Å². The maximum atomic E-state index is 12.0. The predicted molar refractivity (Wildman–Crippen MR) is 61.5 cm³/mol. The molecule has 4 nitrogen and oxygen atoms in total. The quantitative estimate of drug-likeness (QED) is 0.749. The van der Waals surface area contributed by atoms with Crippen LogP contribution in [0.15, 0.2) is 36.4 Å². The molecule has 1 N–H and O–H groups in total. The highest BCUT2D eigenvalue weighted by Crippen LogP contribution is 2.29. The van der Waals surface area contributed by atoms with Crippen molar-refractivity contribution in [2.45, 2.75) is 0 Å². The molecule has 0 spiro atoms. The average Bonchev–Trinajstić information content (AvgIpc) is 2.36. The topological polar surface area (TPSA) is 57.6 Å². The fraction of sp³-hybridized carbons (Fsp3) is 0.0769. The Morgan fingerprint density at radius 3 is 1.94 bits per heavy atom. The molecule has 84 valence electrons. The molecule has 2 amide bonds. The van der Waals surface area contributed by atoms with Crippen molar-refractivity contribution in [3.05, 3.63) is 47.5 Å². The van der Waals surface area contributed by atoms with E-state index in [1.54, 1.807) is 24.3 Å². The summed E-state index contributed by atoms with van der Waals surface area (Å²) in [6, 6.07) is 10.6. The van der Waals surface area contributed by atoms with Crippen LogP contribution in [-0.2, 0) is 0 Å². The molecule has 4 heteroatoms. The van der Waals surface area contributed by atoms with E-state index < -0.39 is 18.5 Å². The lowest BCUT2D eigenvalue weighted by Gasteiger charge is -2.25. The summed E-state index contributed by atoms with van der Waals surface area (Å²) in [6.07, 6.45) is 0. The van der Waals surface area contributed by atoms with E-state index in [-0.39, 0.29) is 0 Å². The van der Waals surface area contributed by atoms with Crippen molar-refractivity contribution in [1.29, 1.82) is 0 Å². The summed E-state index contributed by atoms with van der Waals surface area (Å²) in [7, 11) is 0. The van der Waals surface area contributed by atoms with Crippen LogP contribution >= 0.6 is 0 Å². The van der Waals surface area contributed by atoms with Gasteiger partial charge in [-0.25, -0.2) is 0 Å². The number of hydrogen-bond donors (Lipinski definition) is 1. The largest absolute Gasteiger partial charge is 0.376 e. The molecular formula is C13H9NO3. The zero-order valence-electron chi connectivity index (χ0n) is 8.88. The van der Waals surface area contributed by atoms with Crippen molar-refractivity contribution in [2.75, 3.05) is 6.73 Å². The monoisotopic (exact) mass is 227 g/mol. The molecule has 17 heavy (non-hydrogen) atoms. The molecule has 1 aliphatic rings. The zero-order valence-corrected chi connectivity index (χ0v) is 8.88. The Balaban J connectivity index is 2.43. The van der Waals surface area contributed by atoms with Gasteiger partial charge in [-0.1, -0.05) is 24.3 Å². The number of aliphatic hydroxyl groups is 1. The fourth-order valence-corrected chi connectivity index (χ4v) is 2.21. The Kier molecular flexibility index (Phi) is 2.00. The van der Waals surface area contributed by atoms with Crippen LogP contribution < -0.4 is 0 Å². The summed E-state index contributed by atoms with van der Waals surface area (Å²) in [5, 5.41) is 10.6. The smallest absolute Gasteiger partial charge is 0.263 e. The third-order valence-electron chi connectivity index (χ3n) is 3.00. The molecule has 0 aromatic heterocycles. The minimum Gasteiger partial charge on any atom is -0.376 e. The molecule has 1 heterocycles. The molecule has 0 aliphatic carbocycles. The second-order valence-corrected chi connectivity index (χ2v) is 3.89. The molecule has 2 aromatic rings. The van der Waals surface area contributed by atoms with Gasteiger partial charge >= 0.3 is 0 Å². The molecule has 0 saturated carbocycles. The van der Waals surface area contributed by atoms with Gasteiger partial charge in [-0.2, -0.15) is 0 Å². The summed E-state index contributed by atoms with van der Waals surface area (Å²) >= 11 is 0. The van der Waals surface area contributed by atoms with E-state index in [0.29, 0.717) is 16.5 Å². The minimum absolute atomic E-state index is 0.443. The van der Waals surface area contributed by atoms with Gasteiger partial charge in [-0.15, -0.1) is 0 Å². The Morgan fingerprint density at radius 2 is 1.47 bits per heavy atom. The van der Waals surface area contributed by atoms with Crippen LogP contribution in [-0.4, -0.2) is 28.6 Å². The first-order chi connectivity index (χ1) is 8.24. The molecule has 0 fully saturated rings. The number of imide groups is 1. The number of rotatable bonds is 1. The van der Waals surface area contributed by atoms with Crippen LogP contribution in [0.1, 0.15) is 20.7 Å². The first-order valence-corrected chi connectivity index (χ1v) is 5.23. The second-order valence-electron chi connectivity index (χ2n) is 3.89. The van der Waals surface area contributed by atoms with E-state index in [4.69, 9.17) is 5.11 Å². The van der Waals surface area contributed by atoms with Gasteiger partial charge in [-0.05, 0) is 17.5 Å². The number of nitrogens with zero attached hydrogens (tertiary/aromatic N) is 1. The van der Waals surface area contributed by atoms with E-state index in [2.05, 4.69) is 0 Å². The highest BCUT2D eigenvalue weighted by molar-refractivity contribution is 6.25. The molecule has 0 saturated heterocycles. The molecule has 0 atom stereocenters.